The Bertz CT molecular complexity index is 481. The molecule has 1 aromatic rings. The number of ether oxygens (including phenoxy) is 1. The molecule has 0 fully saturated rings. The molecule has 92 valence electrons. The number of terminal acetylenes is 1. The van der Waals surface area contributed by atoms with Gasteiger partial charge < -0.3 is 4.74 Å². The second-order valence-corrected chi connectivity index (χ2v) is 3.87. The lowest BCUT2D eigenvalue weighted by Gasteiger charge is -2.13. The Labute approximate surface area is 106 Å². The molecule has 1 aliphatic rings. The van der Waals surface area contributed by atoms with E-state index in [2.05, 4.69) is 5.92 Å². The summed E-state index contributed by atoms with van der Waals surface area (Å²) in [4.78, 5) is 25.1. The first kappa shape index (κ1) is 12.3. The van der Waals surface area contributed by atoms with Gasteiger partial charge in [-0.1, -0.05) is 12.1 Å². The number of hydrogen-bond donors (Lipinski definition) is 0. The molecule has 0 N–H and O–H groups in total. The normalized spacial score (nSPS) is 13.6. The van der Waals surface area contributed by atoms with E-state index in [4.69, 9.17) is 11.2 Å². The highest BCUT2D eigenvalue weighted by molar-refractivity contribution is 6.21. The zero-order chi connectivity index (χ0) is 13.0. The van der Waals surface area contributed by atoms with Crippen LogP contribution in [0.2, 0.25) is 0 Å². The summed E-state index contributed by atoms with van der Waals surface area (Å²) in [5.74, 6) is 1.95. The topological polar surface area (TPSA) is 46.6 Å². The molecule has 0 atom stereocenters. The molecular formula is C14H13NO3. The van der Waals surface area contributed by atoms with Gasteiger partial charge in [-0.15, -0.1) is 12.3 Å². The summed E-state index contributed by atoms with van der Waals surface area (Å²) in [5.41, 5.74) is 0.928. The van der Waals surface area contributed by atoms with Gasteiger partial charge in [-0.2, -0.15) is 0 Å². The fourth-order valence-corrected chi connectivity index (χ4v) is 1.83. The SMILES string of the molecule is C#CCCOCCN1C(=O)c2ccccc2C1=O. The van der Waals surface area contributed by atoms with Gasteiger partial charge in [-0.05, 0) is 12.1 Å². The third-order valence-electron chi connectivity index (χ3n) is 2.73. The molecule has 0 bridgehead atoms. The van der Waals surface area contributed by atoms with E-state index in [-0.39, 0.29) is 18.4 Å². The van der Waals surface area contributed by atoms with Gasteiger partial charge in [-0.3, -0.25) is 14.5 Å². The van der Waals surface area contributed by atoms with E-state index in [1.54, 1.807) is 24.3 Å². The number of rotatable bonds is 5. The number of benzene rings is 1. The molecule has 0 radical (unpaired) electrons. The highest BCUT2D eigenvalue weighted by Crippen LogP contribution is 2.21. The van der Waals surface area contributed by atoms with Crippen LogP contribution in [0.25, 0.3) is 0 Å². The maximum Gasteiger partial charge on any atom is 0.261 e. The number of fused-ring (bicyclic) bond motifs is 1. The Balaban J connectivity index is 1.95. The van der Waals surface area contributed by atoms with Crippen molar-refractivity contribution in [2.75, 3.05) is 19.8 Å². The minimum atomic E-state index is -0.254. The predicted molar refractivity (Wildman–Crippen MR) is 66.1 cm³/mol. The van der Waals surface area contributed by atoms with Gasteiger partial charge in [0.05, 0.1) is 30.9 Å². The number of carbonyl (C=O) groups excluding carboxylic acids is 2. The van der Waals surface area contributed by atoms with Crippen LogP contribution in [0.5, 0.6) is 0 Å². The van der Waals surface area contributed by atoms with Crippen molar-refractivity contribution in [3.05, 3.63) is 35.4 Å². The lowest BCUT2D eigenvalue weighted by Crippen LogP contribution is -2.33. The lowest BCUT2D eigenvalue weighted by molar-refractivity contribution is 0.0568. The van der Waals surface area contributed by atoms with Crippen molar-refractivity contribution in [1.29, 1.82) is 0 Å². The Morgan fingerprint density at radius 1 is 1.11 bits per heavy atom. The summed E-state index contributed by atoms with van der Waals surface area (Å²) < 4.78 is 5.24. The van der Waals surface area contributed by atoms with Crippen LogP contribution in [-0.4, -0.2) is 36.5 Å². The van der Waals surface area contributed by atoms with Crippen LogP contribution in [0, 0.1) is 12.3 Å². The molecule has 1 heterocycles. The van der Waals surface area contributed by atoms with Gasteiger partial charge >= 0.3 is 0 Å². The second kappa shape index (κ2) is 5.48. The molecule has 0 spiro atoms. The molecule has 4 heteroatoms. The van der Waals surface area contributed by atoms with Crippen molar-refractivity contribution in [3.8, 4) is 12.3 Å². The van der Waals surface area contributed by atoms with Crippen LogP contribution in [0.15, 0.2) is 24.3 Å². The number of nitrogens with zero attached hydrogens (tertiary/aromatic N) is 1. The summed E-state index contributed by atoms with van der Waals surface area (Å²) in [5, 5.41) is 0. The van der Waals surface area contributed by atoms with Gasteiger partial charge in [0, 0.05) is 6.42 Å². The van der Waals surface area contributed by atoms with Crippen LogP contribution in [0.3, 0.4) is 0 Å². The third kappa shape index (κ3) is 2.27. The molecule has 2 amide bonds. The van der Waals surface area contributed by atoms with Gasteiger partial charge in [-0.25, -0.2) is 0 Å². The zero-order valence-corrected chi connectivity index (χ0v) is 9.89. The summed E-state index contributed by atoms with van der Waals surface area (Å²) in [6.45, 7) is 1.02. The van der Waals surface area contributed by atoms with Crippen LogP contribution < -0.4 is 0 Å². The number of hydrogen-bond acceptors (Lipinski definition) is 3. The smallest absolute Gasteiger partial charge is 0.261 e. The summed E-state index contributed by atoms with van der Waals surface area (Å²) in [6.07, 6.45) is 5.62. The Morgan fingerprint density at radius 3 is 2.28 bits per heavy atom. The quantitative estimate of drug-likeness (QED) is 0.445. The van der Waals surface area contributed by atoms with Gasteiger partial charge in [0.15, 0.2) is 0 Å². The molecule has 0 saturated heterocycles. The van der Waals surface area contributed by atoms with Crippen LogP contribution in [-0.2, 0) is 4.74 Å². The Kier molecular flexibility index (Phi) is 3.75. The average Bonchev–Trinajstić information content (AvgIpc) is 2.64. The van der Waals surface area contributed by atoms with Crippen molar-refractivity contribution in [2.45, 2.75) is 6.42 Å². The minimum absolute atomic E-state index is 0.254. The Hall–Kier alpha value is -2.12. The predicted octanol–water partition coefficient (Wildman–Crippen LogP) is 1.32. The third-order valence-corrected chi connectivity index (χ3v) is 2.73. The first-order valence-corrected chi connectivity index (χ1v) is 5.72. The average molecular weight is 243 g/mol. The maximum absolute atomic E-state index is 11.9. The second-order valence-electron chi connectivity index (χ2n) is 3.87. The fourth-order valence-electron chi connectivity index (χ4n) is 1.83. The van der Waals surface area contributed by atoms with Gasteiger partial charge in [0.2, 0.25) is 0 Å². The zero-order valence-electron chi connectivity index (χ0n) is 9.89. The molecular weight excluding hydrogens is 230 g/mol. The molecule has 0 saturated carbocycles. The first-order valence-electron chi connectivity index (χ1n) is 5.72. The minimum Gasteiger partial charge on any atom is -0.379 e. The highest BCUT2D eigenvalue weighted by atomic mass is 16.5. The summed E-state index contributed by atoms with van der Waals surface area (Å²) >= 11 is 0. The Morgan fingerprint density at radius 2 is 1.72 bits per heavy atom. The number of carbonyl (C=O) groups is 2. The highest BCUT2D eigenvalue weighted by Gasteiger charge is 2.34. The van der Waals surface area contributed by atoms with Crippen LogP contribution in [0.4, 0.5) is 0 Å². The van der Waals surface area contributed by atoms with E-state index < -0.39 is 0 Å². The summed E-state index contributed by atoms with van der Waals surface area (Å²) in [7, 11) is 0. The van der Waals surface area contributed by atoms with Crippen molar-refractivity contribution in [1.82, 2.24) is 4.90 Å². The molecule has 2 rings (SSSR count). The van der Waals surface area contributed by atoms with E-state index in [1.807, 2.05) is 0 Å². The van der Waals surface area contributed by atoms with Crippen molar-refractivity contribution >= 4 is 11.8 Å². The van der Waals surface area contributed by atoms with E-state index in [1.165, 1.54) is 4.90 Å². The first-order chi connectivity index (χ1) is 8.75. The molecule has 1 aliphatic heterocycles. The van der Waals surface area contributed by atoms with Crippen molar-refractivity contribution in [2.24, 2.45) is 0 Å². The maximum atomic E-state index is 11.9. The van der Waals surface area contributed by atoms with E-state index in [0.29, 0.717) is 30.8 Å². The van der Waals surface area contributed by atoms with Crippen molar-refractivity contribution < 1.29 is 14.3 Å². The molecule has 0 aliphatic carbocycles. The molecule has 0 aromatic heterocycles. The lowest BCUT2D eigenvalue weighted by atomic mass is 10.1. The number of amides is 2. The van der Waals surface area contributed by atoms with Gasteiger partial charge in [0.1, 0.15) is 0 Å². The molecule has 18 heavy (non-hydrogen) atoms. The van der Waals surface area contributed by atoms with E-state index in [0.717, 1.165) is 0 Å². The van der Waals surface area contributed by atoms with Crippen LogP contribution in [0.1, 0.15) is 27.1 Å². The molecule has 0 unspecified atom stereocenters. The van der Waals surface area contributed by atoms with E-state index in [9.17, 15) is 9.59 Å². The van der Waals surface area contributed by atoms with E-state index >= 15 is 0 Å². The van der Waals surface area contributed by atoms with Crippen molar-refractivity contribution in [3.63, 3.8) is 0 Å². The monoisotopic (exact) mass is 243 g/mol. The standard InChI is InChI=1S/C14H13NO3/c1-2-3-9-18-10-8-15-13(16)11-6-4-5-7-12(11)14(15)17/h1,4-7H,3,8-10H2. The molecule has 4 nitrogen and oxygen atoms in total. The largest absolute Gasteiger partial charge is 0.379 e. The fraction of sp³-hybridized carbons (Fsp3) is 0.286. The molecule has 1 aromatic carbocycles. The van der Waals surface area contributed by atoms with Gasteiger partial charge in [0.25, 0.3) is 11.8 Å². The summed E-state index contributed by atoms with van der Waals surface area (Å²) in [6, 6.07) is 6.82. The number of imide groups is 1. The van der Waals surface area contributed by atoms with Crippen LogP contribution >= 0.6 is 0 Å².